The van der Waals surface area contributed by atoms with Crippen LogP contribution in [0.3, 0.4) is 0 Å². The van der Waals surface area contributed by atoms with Gasteiger partial charge in [-0.3, -0.25) is 4.99 Å². The molecular formula is C13H18BN. The van der Waals surface area contributed by atoms with E-state index in [1.807, 2.05) is 12.2 Å². The number of rotatable bonds is 3. The van der Waals surface area contributed by atoms with Gasteiger partial charge in [-0.15, -0.1) is 0 Å². The molecule has 0 spiro atoms. The van der Waals surface area contributed by atoms with Crippen LogP contribution in [-0.4, -0.2) is 12.3 Å². The molecule has 0 atom stereocenters. The normalized spacial score (nSPS) is 22.3. The van der Waals surface area contributed by atoms with E-state index in [9.17, 15) is 0 Å². The molecule has 1 aliphatic carbocycles. The Bertz CT molecular complexity index is 359. The lowest BCUT2D eigenvalue weighted by atomic mass is 9.31. The van der Waals surface area contributed by atoms with Gasteiger partial charge in [0.05, 0.1) is 5.70 Å². The SMILES string of the molecule is C=C/C=C\C1=C(C)B(C2CCC2)C(C)=N1. The van der Waals surface area contributed by atoms with E-state index in [2.05, 4.69) is 31.5 Å². The van der Waals surface area contributed by atoms with Gasteiger partial charge in [-0.2, -0.15) is 0 Å². The lowest BCUT2D eigenvalue weighted by Gasteiger charge is -2.30. The van der Waals surface area contributed by atoms with E-state index in [-0.39, 0.29) is 0 Å². The molecule has 0 aromatic rings. The Morgan fingerprint density at radius 3 is 2.67 bits per heavy atom. The summed E-state index contributed by atoms with van der Waals surface area (Å²) in [6.45, 7) is 8.71. The van der Waals surface area contributed by atoms with Gasteiger partial charge in [0.15, 0.2) is 0 Å². The second kappa shape index (κ2) is 4.22. The summed E-state index contributed by atoms with van der Waals surface area (Å²) in [4.78, 5) is 4.65. The van der Waals surface area contributed by atoms with Crippen molar-refractivity contribution in [2.75, 3.05) is 0 Å². The maximum Gasteiger partial charge on any atom is 0.228 e. The smallest absolute Gasteiger partial charge is 0.228 e. The highest BCUT2D eigenvalue weighted by atomic mass is 14.8. The number of allylic oxidation sites excluding steroid dienone is 4. The minimum Gasteiger partial charge on any atom is -0.268 e. The van der Waals surface area contributed by atoms with Crippen molar-refractivity contribution in [1.29, 1.82) is 0 Å². The molecule has 1 saturated carbocycles. The highest BCUT2D eigenvalue weighted by molar-refractivity contribution is 6.98. The molecule has 78 valence electrons. The Hall–Kier alpha value is -1.05. The summed E-state index contributed by atoms with van der Waals surface area (Å²) in [7, 11) is 0. The van der Waals surface area contributed by atoms with Crippen molar-refractivity contribution in [2.24, 2.45) is 4.99 Å². The summed E-state index contributed by atoms with van der Waals surface area (Å²) in [5.74, 6) is 0.864. The van der Waals surface area contributed by atoms with E-state index in [4.69, 9.17) is 0 Å². The Morgan fingerprint density at radius 2 is 2.13 bits per heavy atom. The lowest BCUT2D eigenvalue weighted by Crippen LogP contribution is -2.32. The van der Waals surface area contributed by atoms with Gasteiger partial charge >= 0.3 is 0 Å². The third kappa shape index (κ3) is 1.85. The minimum atomic E-state index is 0.628. The van der Waals surface area contributed by atoms with Gasteiger partial charge in [-0.1, -0.05) is 49.3 Å². The molecule has 0 bridgehead atoms. The summed E-state index contributed by atoms with van der Waals surface area (Å²) >= 11 is 0. The van der Waals surface area contributed by atoms with E-state index in [0.29, 0.717) is 6.71 Å². The summed E-state index contributed by atoms with van der Waals surface area (Å²) in [5.41, 5.74) is 3.92. The number of nitrogens with zero attached hydrogens (tertiary/aromatic N) is 1. The quantitative estimate of drug-likeness (QED) is 0.486. The van der Waals surface area contributed by atoms with Crippen molar-refractivity contribution >= 4 is 12.3 Å². The Labute approximate surface area is 92.8 Å². The third-order valence-corrected chi connectivity index (χ3v) is 3.63. The average molecular weight is 199 g/mol. The molecule has 0 radical (unpaired) electrons. The Kier molecular flexibility index (Phi) is 2.94. The van der Waals surface area contributed by atoms with E-state index >= 15 is 0 Å². The molecule has 1 fully saturated rings. The average Bonchev–Trinajstić information content (AvgIpc) is 2.40. The second-order valence-electron chi connectivity index (χ2n) is 4.58. The molecule has 15 heavy (non-hydrogen) atoms. The fraction of sp³-hybridized carbons (Fsp3) is 0.462. The first-order valence-corrected chi connectivity index (χ1v) is 5.79. The van der Waals surface area contributed by atoms with Crippen molar-refractivity contribution in [3.63, 3.8) is 0 Å². The molecule has 0 saturated heterocycles. The van der Waals surface area contributed by atoms with Crippen LogP contribution in [0.4, 0.5) is 0 Å². The fourth-order valence-corrected chi connectivity index (χ4v) is 2.62. The summed E-state index contributed by atoms with van der Waals surface area (Å²) in [6, 6.07) is 0. The standard InChI is InChI=1S/C13H18BN/c1-4-5-9-13-10(2)14(11(3)15-13)12-7-6-8-12/h4-5,9,12H,1,6-8H2,2-3H3/b9-5-. The van der Waals surface area contributed by atoms with E-state index in [0.717, 1.165) is 11.5 Å². The van der Waals surface area contributed by atoms with Crippen LogP contribution in [0.1, 0.15) is 33.1 Å². The van der Waals surface area contributed by atoms with Crippen molar-refractivity contribution in [3.05, 3.63) is 36.0 Å². The van der Waals surface area contributed by atoms with Crippen LogP contribution in [0, 0.1) is 0 Å². The van der Waals surface area contributed by atoms with E-state index in [1.54, 1.807) is 0 Å². The monoisotopic (exact) mass is 199 g/mol. The first-order chi connectivity index (χ1) is 7.24. The van der Waals surface area contributed by atoms with Crippen LogP contribution < -0.4 is 0 Å². The molecule has 0 aromatic carbocycles. The largest absolute Gasteiger partial charge is 0.268 e. The van der Waals surface area contributed by atoms with Gasteiger partial charge in [0.2, 0.25) is 6.71 Å². The topological polar surface area (TPSA) is 12.4 Å². The maximum atomic E-state index is 4.65. The minimum absolute atomic E-state index is 0.628. The first kappa shape index (κ1) is 10.5. The van der Waals surface area contributed by atoms with Crippen LogP contribution in [0.25, 0.3) is 0 Å². The molecular weight excluding hydrogens is 181 g/mol. The zero-order valence-corrected chi connectivity index (χ0v) is 9.66. The molecule has 1 nitrogen and oxygen atoms in total. The number of aliphatic imine (C=N–C) groups is 1. The van der Waals surface area contributed by atoms with Crippen molar-refractivity contribution in [2.45, 2.75) is 38.9 Å². The summed E-state index contributed by atoms with van der Waals surface area (Å²) in [6.07, 6.45) is 10.0. The van der Waals surface area contributed by atoms with Gasteiger partial charge in [-0.25, -0.2) is 0 Å². The summed E-state index contributed by atoms with van der Waals surface area (Å²) in [5, 5.41) is 0. The fourth-order valence-electron chi connectivity index (χ4n) is 2.62. The maximum absolute atomic E-state index is 4.65. The number of hydrogen-bond acceptors (Lipinski definition) is 1. The van der Waals surface area contributed by atoms with Crippen molar-refractivity contribution in [1.82, 2.24) is 0 Å². The Balaban J connectivity index is 2.20. The van der Waals surface area contributed by atoms with Crippen LogP contribution in [-0.2, 0) is 0 Å². The van der Waals surface area contributed by atoms with Gasteiger partial charge in [0, 0.05) is 0 Å². The first-order valence-electron chi connectivity index (χ1n) is 5.79. The second-order valence-corrected chi connectivity index (χ2v) is 4.58. The molecule has 0 N–H and O–H groups in total. The van der Waals surface area contributed by atoms with Crippen molar-refractivity contribution in [3.8, 4) is 0 Å². The van der Waals surface area contributed by atoms with Crippen LogP contribution >= 0.6 is 0 Å². The zero-order chi connectivity index (χ0) is 10.8. The van der Waals surface area contributed by atoms with Gasteiger partial charge in [0.25, 0.3) is 0 Å². The number of hydrogen-bond donors (Lipinski definition) is 0. The highest BCUT2D eigenvalue weighted by Crippen LogP contribution is 2.40. The van der Waals surface area contributed by atoms with Crippen LogP contribution in [0.2, 0.25) is 5.82 Å². The van der Waals surface area contributed by atoms with Gasteiger partial charge in [0.1, 0.15) is 0 Å². The molecule has 0 amide bonds. The van der Waals surface area contributed by atoms with Crippen molar-refractivity contribution < 1.29 is 0 Å². The van der Waals surface area contributed by atoms with Crippen LogP contribution in [0.15, 0.2) is 41.0 Å². The molecule has 2 aliphatic rings. The molecule has 1 heterocycles. The molecule has 1 aliphatic heterocycles. The predicted molar refractivity (Wildman–Crippen MR) is 68.5 cm³/mol. The molecule has 2 heteroatoms. The Morgan fingerprint density at radius 1 is 1.40 bits per heavy atom. The van der Waals surface area contributed by atoms with Gasteiger partial charge < -0.3 is 0 Å². The third-order valence-electron chi connectivity index (χ3n) is 3.63. The van der Waals surface area contributed by atoms with Gasteiger partial charge in [-0.05, 0) is 25.5 Å². The van der Waals surface area contributed by atoms with E-state index < -0.39 is 0 Å². The lowest BCUT2D eigenvalue weighted by molar-refractivity contribution is 0.497. The highest BCUT2D eigenvalue weighted by Gasteiger charge is 2.37. The van der Waals surface area contributed by atoms with E-state index in [1.165, 1.54) is 30.3 Å². The summed E-state index contributed by atoms with van der Waals surface area (Å²) < 4.78 is 0. The molecule has 0 aromatic heterocycles. The van der Waals surface area contributed by atoms with Crippen LogP contribution in [0.5, 0.6) is 0 Å². The zero-order valence-electron chi connectivity index (χ0n) is 9.66. The predicted octanol–water partition coefficient (Wildman–Crippen LogP) is 3.60. The molecule has 2 rings (SSSR count). The molecule has 0 unspecified atom stereocenters.